The molecule has 174 valence electrons. The second-order valence-electron chi connectivity index (χ2n) is 7.76. The van der Waals surface area contributed by atoms with E-state index in [1.807, 2.05) is 37.3 Å². The minimum atomic E-state index is -2.88. The van der Waals surface area contributed by atoms with Crippen LogP contribution in [0.5, 0.6) is 5.75 Å². The summed E-state index contributed by atoms with van der Waals surface area (Å²) in [6.45, 7) is 2.37. The molecule has 0 saturated carbocycles. The standard InChI is InChI=1S/C23H25F2N5O3/c1-16(22-27-21(28-33-22)17-5-3-2-4-6-17)30-13-11-29(12-14-30)15-20(31)26-18-7-9-19(10-8-18)32-23(24)25/h2-10,16,23H,11-15H2,1H3,(H,26,31). The molecule has 8 nitrogen and oxygen atoms in total. The smallest absolute Gasteiger partial charge is 0.387 e. The normalized spacial score (nSPS) is 16.0. The minimum Gasteiger partial charge on any atom is -0.435 e. The molecule has 0 aliphatic carbocycles. The first-order chi connectivity index (χ1) is 16.0. The molecule has 10 heteroatoms. The molecule has 1 aromatic heterocycles. The van der Waals surface area contributed by atoms with Gasteiger partial charge in [-0.25, -0.2) is 0 Å². The molecule has 1 unspecified atom stereocenters. The van der Waals surface area contributed by atoms with Gasteiger partial charge in [0.2, 0.25) is 17.6 Å². The van der Waals surface area contributed by atoms with Crippen LogP contribution < -0.4 is 10.1 Å². The lowest BCUT2D eigenvalue weighted by atomic mass is 10.2. The second-order valence-corrected chi connectivity index (χ2v) is 7.76. The zero-order chi connectivity index (χ0) is 23.2. The van der Waals surface area contributed by atoms with Gasteiger partial charge in [-0.15, -0.1) is 0 Å². The number of amides is 1. The number of anilines is 1. The third kappa shape index (κ3) is 6.11. The quantitative estimate of drug-likeness (QED) is 0.553. The van der Waals surface area contributed by atoms with E-state index in [0.29, 0.717) is 17.4 Å². The maximum atomic E-state index is 12.4. The third-order valence-corrected chi connectivity index (χ3v) is 5.52. The number of ether oxygens (including phenoxy) is 1. The average Bonchev–Trinajstić information content (AvgIpc) is 3.31. The van der Waals surface area contributed by atoms with Gasteiger partial charge < -0.3 is 14.6 Å². The summed E-state index contributed by atoms with van der Waals surface area (Å²) in [6.07, 6.45) is 0. The fourth-order valence-electron chi connectivity index (χ4n) is 3.70. The Balaban J connectivity index is 1.24. The number of nitrogens with zero attached hydrogens (tertiary/aromatic N) is 4. The second kappa shape index (κ2) is 10.5. The lowest BCUT2D eigenvalue weighted by Gasteiger charge is -2.36. The predicted molar refractivity (Wildman–Crippen MR) is 118 cm³/mol. The fourth-order valence-corrected chi connectivity index (χ4v) is 3.70. The highest BCUT2D eigenvalue weighted by Gasteiger charge is 2.26. The summed E-state index contributed by atoms with van der Waals surface area (Å²) in [5.74, 6) is 1.02. The highest BCUT2D eigenvalue weighted by atomic mass is 19.3. The number of alkyl halides is 2. The van der Waals surface area contributed by atoms with Crippen molar-refractivity contribution >= 4 is 11.6 Å². The number of carbonyl (C=O) groups is 1. The maximum absolute atomic E-state index is 12.4. The van der Waals surface area contributed by atoms with Gasteiger partial charge in [-0.05, 0) is 31.2 Å². The molecule has 3 aromatic rings. The van der Waals surface area contributed by atoms with Crippen molar-refractivity contribution in [3.8, 4) is 17.1 Å². The minimum absolute atomic E-state index is 0.0279. The Morgan fingerprint density at radius 3 is 2.45 bits per heavy atom. The summed E-state index contributed by atoms with van der Waals surface area (Å²) in [7, 11) is 0. The number of carbonyl (C=O) groups excluding carboxylic acids is 1. The lowest BCUT2D eigenvalue weighted by molar-refractivity contribution is -0.117. The average molecular weight is 457 g/mol. The number of nitrogens with one attached hydrogen (secondary N) is 1. The molecular weight excluding hydrogens is 432 g/mol. The Hall–Kier alpha value is -3.37. The maximum Gasteiger partial charge on any atom is 0.387 e. The first kappa shape index (κ1) is 22.8. The van der Waals surface area contributed by atoms with Gasteiger partial charge in [0.25, 0.3) is 0 Å². The molecular formula is C23H25F2N5O3. The van der Waals surface area contributed by atoms with E-state index < -0.39 is 6.61 Å². The van der Waals surface area contributed by atoms with Crippen molar-refractivity contribution in [3.05, 3.63) is 60.5 Å². The Morgan fingerprint density at radius 2 is 1.79 bits per heavy atom. The summed E-state index contributed by atoms with van der Waals surface area (Å²) >= 11 is 0. The van der Waals surface area contributed by atoms with Crippen LogP contribution in [0.2, 0.25) is 0 Å². The fraction of sp³-hybridized carbons (Fsp3) is 0.348. The van der Waals surface area contributed by atoms with E-state index in [4.69, 9.17) is 4.52 Å². The van der Waals surface area contributed by atoms with Crippen LogP contribution in [0.4, 0.5) is 14.5 Å². The van der Waals surface area contributed by atoms with Gasteiger partial charge in [0.05, 0.1) is 12.6 Å². The first-order valence-corrected chi connectivity index (χ1v) is 10.7. The molecule has 2 aromatic carbocycles. The molecule has 2 heterocycles. The van der Waals surface area contributed by atoms with Crippen molar-refractivity contribution in [1.82, 2.24) is 19.9 Å². The molecule has 1 aliphatic heterocycles. The van der Waals surface area contributed by atoms with Crippen molar-refractivity contribution in [2.24, 2.45) is 0 Å². The molecule has 0 radical (unpaired) electrons. The van der Waals surface area contributed by atoms with Crippen LogP contribution in [-0.2, 0) is 4.79 Å². The van der Waals surface area contributed by atoms with Crippen LogP contribution >= 0.6 is 0 Å². The molecule has 1 atom stereocenters. The highest BCUT2D eigenvalue weighted by molar-refractivity contribution is 5.92. The largest absolute Gasteiger partial charge is 0.435 e. The molecule has 1 aliphatic rings. The van der Waals surface area contributed by atoms with E-state index in [9.17, 15) is 13.6 Å². The van der Waals surface area contributed by atoms with Crippen LogP contribution in [0.25, 0.3) is 11.4 Å². The van der Waals surface area contributed by atoms with Crippen molar-refractivity contribution < 1.29 is 22.8 Å². The number of halogens is 2. The van der Waals surface area contributed by atoms with E-state index in [0.717, 1.165) is 31.7 Å². The van der Waals surface area contributed by atoms with Crippen LogP contribution in [0.3, 0.4) is 0 Å². The Bertz CT molecular complexity index is 1040. The van der Waals surface area contributed by atoms with Crippen molar-refractivity contribution in [2.45, 2.75) is 19.6 Å². The van der Waals surface area contributed by atoms with Gasteiger partial charge in [0.15, 0.2) is 0 Å². The number of hydrogen-bond acceptors (Lipinski definition) is 7. The third-order valence-electron chi connectivity index (χ3n) is 5.52. The van der Waals surface area contributed by atoms with Gasteiger partial charge in [0.1, 0.15) is 5.75 Å². The molecule has 33 heavy (non-hydrogen) atoms. The molecule has 1 N–H and O–H groups in total. The summed E-state index contributed by atoms with van der Waals surface area (Å²) in [5, 5.41) is 6.87. The van der Waals surface area contributed by atoms with Gasteiger partial charge >= 0.3 is 6.61 Å². The van der Waals surface area contributed by atoms with Crippen LogP contribution in [0.15, 0.2) is 59.1 Å². The zero-order valence-electron chi connectivity index (χ0n) is 18.2. The number of rotatable bonds is 8. The van der Waals surface area contributed by atoms with Gasteiger partial charge in [-0.3, -0.25) is 14.6 Å². The molecule has 0 spiro atoms. The molecule has 4 rings (SSSR count). The van der Waals surface area contributed by atoms with E-state index in [2.05, 4.69) is 30.0 Å². The lowest BCUT2D eigenvalue weighted by Crippen LogP contribution is -2.49. The molecule has 1 saturated heterocycles. The molecule has 0 bridgehead atoms. The molecule has 1 fully saturated rings. The predicted octanol–water partition coefficient (Wildman–Crippen LogP) is 3.66. The Morgan fingerprint density at radius 1 is 1.09 bits per heavy atom. The van der Waals surface area contributed by atoms with Crippen LogP contribution in [0, 0.1) is 0 Å². The monoisotopic (exact) mass is 457 g/mol. The number of benzene rings is 2. The van der Waals surface area contributed by atoms with Crippen molar-refractivity contribution in [1.29, 1.82) is 0 Å². The van der Waals surface area contributed by atoms with Crippen LogP contribution in [-0.4, -0.2) is 65.2 Å². The molecule has 1 amide bonds. The number of hydrogen-bond donors (Lipinski definition) is 1. The summed E-state index contributed by atoms with van der Waals surface area (Å²) < 4.78 is 34.2. The highest BCUT2D eigenvalue weighted by Crippen LogP contribution is 2.23. The van der Waals surface area contributed by atoms with Crippen molar-refractivity contribution in [3.63, 3.8) is 0 Å². The topological polar surface area (TPSA) is 83.7 Å². The Labute approximate surface area is 190 Å². The van der Waals surface area contributed by atoms with Crippen LogP contribution in [0.1, 0.15) is 18.9 Å². The van der Waals surface area contributed by atoms with Gasteiger partial charge in [0, 0.05) is 37.4 Å². The summed E-state index contributed by atoms with van der Waals surface area (Å²) in [5.41, 5.74) is 1.44. The zero-order valence-corrected chi connectivity index (χ0v) is 18.2. The van der Waals surface area contributed by atoms with E-state index >= 15 is 0 Å². The first-order valence-electron chi connectivity index (χ1n) is 10.7. The van der Waals surface area contributed by atoms with Gasteiger partial charge in [-0.2, -0.15) is 13.8 Å². The summed E-state index contributed by atoms with van der Waals surface area (Å²) in [4.78, 5) is 21.2. The van der Waals surface area contributed by atoms with E-state index in [1.54, 1.807) is 0 Å². The number of aromatic nitrogens is 2. The van der Waals surface area contributed by atoms with Gasteiger partial charge in [-0.1, -0.05) is 35.5 Å². The van der Waals surface area contributed by atoms with E-state index in [1.165, 1.54) is 24.3 Å². The summed E-state index contributed by atoms with van der Waals surface area (Å²) in [6, 6.07) is 15.5. The SMILES string of the molecule is CC(c1nc(-c2ccccc2)no1)N1CCN(CC(=O)Nc2ccc(OC(F)F)cc2)CC1. The van der Waals surface area contributed by atoms with E-state index in [-0.39, 0.29) is 24.2 Å². The Kier molecular flexibility index (Phi) is 7.26. The number of piperazine rings is 1. The van der Waals surface area contributed by atoms with Crippen molar-refractivity contribution in [2.75, 3.05) is 38.0 Å².